The van der Waals surface area contributed by atoms with E-state index in [1.54, 1.807) is 0 Å². The largest absolute Gasteiger partial charge is 0.349 e. The van der Waals surface area contributed by atoms with Gasteiger partial charge < -0.3 is 16.0 Å². The first-order valence-corrected chi connectivity index (χ1v) is 8.88. The molecule has 24 heavy (non-hydrogen) atoms. The van der Waals surface area contributed by atoms with Crippen LogP contribution in [-0.2, 0) is 9.59 Å². The number of benzene rings is 1. The predicted octanol–water partition coefficient (Wildman–Crippen LogP) is 2.76. The Bertz CT molecular complexity index is 588. The Balaban J connectivity index is 2.14. The van der Waals surface area contributed by atoms with E-state index >= 15 is 0 Å². The number of anilines is 1. The summed E-state index contributed by atoms with van der Waals surface area (Å²) < 4.78 is 0. The normalized spacial score (nSPS) is 16.3. The van der Waals surface area contributed by atoms with Gasteiger partial charge >= 0.3 is 0 Å². The molecule has 0 aromatic heterocycles. The summed E-state index contributed by atoms with van der Waals surface area (Å²) in [6.45, 7) is 7.09. The third-order valence-electron chi connectivity index (χ3n) is 5.33. The number of rotatable bonds is 7. The van der Waals surface area contributed by atoms with E-state index < -0.39 is 5.41 Å². The zero-order chi connectivity index (χ0) is 17.7. The molecule has 1 aliphatic rings. The van der Waals surface area contributed by atoms with Crippen LogP contribution >= 0.6 is 0 Å². The molecule has 1 aliphatic heterocycles. The number of hydrogen-bond donors (Lipinski definition) is 2. The van der Waals surface area contributed by atoms with Crippen molar-refractivity contribution in [2.45, 2.75) is 52.5 Å². The lowest BCUT2D eigenvalue weighted by atomic mass is 9.81. The van der Waals surface area contributed by atoms with Gasteiger partial charge in [-0.15, -0.1) is 0 Å². The van der Waals surface area contributed by atoms with Crippen LogP contribution in [0, 0.1) is 5.41 Å². The summed E-state index contributed by atoms with van der Waals surface area (Å²) >= 11 is 0. The molecule has 5 heteroatoms. The number of nitrogens with zero attached hydrogens (tertiary/aromatic N) is 1. The summed E-state index contributed by atoms with van der Waals surface area (Å²) in [5, 5.41) is 3.10. The van der Waals surface area contributed by atoms with Crippen LogP contribution in [0.3, 0.4) is 0 Å². The van der Waals surface area contributed by atoms with Crippen LogP contribution in [-0.4, -0.2) is 24.9 Å². The Morgan fingerprint density at radius 2 is 2.08 bits per heavy atom. The average molecular weight is 331 g/mol. The Hall–Kier alpha value is -1.88. The van der Waals surface area contributed by atoms with Crippen LogP contribution in [0.1, 0.15) is 58.1 Å². The minimum Gasteiger partial charge on any atom is -0.349 e. The van der Waals surface area contributed by atoms with E-state index in [4.69, 9.17) is 5.73 Å². The van der Waals surface area contributed by atoms with Gasteiger partial charge in [0.25, 0.3) is 0 Å². The quantitative estimate of drug-likeness (QED) is 0.806. The molecule has 2 rings (SSSR count). The highest BCUT2D eigenvalue weighted by Gasteiger charge is 2.34. The van der Waals surface area contributed by atoms with Crippen molar-refractivity contribution in [3.63, 3.8) is 0 Å². The summed E-state index contributed by atoms with van der Waals surface area (Å²) in [4.78, 5) is 26.4. The summed E-state index contributed by atoms with van der Waals surface area (Å²) in [6, 6.07) is 7.74. The predicted molar refractivity (Wildman–Crippen MR) is 96.7 cm³/mol. The number of hydrogen-bond acceptors (Lipinski definition) is 3. The molecule has 1 unspecified atom stereocenters. The van der Waals surface area contributed by atoms with Gasteiger partial charge in [-0.1, -0.05) is 26.0 Å². The molecule has 0 saturated carbocycles. The van der Waals surface area contributed by atoms with E-state index in [9.17, 15) is 9.59 Å². The average Bonchev–Trinajstić information content (AvgIpc) is 3.03. The van der Waals surface area contributed by atoms with Crippen molar-refractivity contribution in [2.75, 3.05) is 18.0 Å². The summed E-state index contributed by atoms with van der Waals surface area (Å²) in [7, 11) is 0. The van der Waals surface area contributed by atoms with Gasteiger partial charge in [-0.2, -0.15) is 0 Å². The van der Waals surface area contributed by atoms with Crippen molar-refractivity contribution in [3.05, 3.63) is 29.8 Å². The molecular formula is C19H29N3O2. The molecule has 5 nitrogen and oxygen atoms in total. The second kappa shape index (κ2) is 7.79. The van der Waals surface area contributed by atoms with Crippen LogP contribution in [0.2, 0.25) is 0 Å². The van der Waals surface area contributed by atoms with Crippen molar-refractivity contribution < 1.29 is 9.59 Å². The third-order valence-corrected chi connectivity index (χ3v) is 5.33. The lowest BCUT2D eigenvalue weighted by molar-refractivity contribution is -0.131. The van der Waals surface area contributed by atoms with Crippen LogP contribution in [0.25, 0.3) is 0 Å². The number of nitrogens with one attached hydrogen (secondary N) is 1. The van der Waals surface area contributed by atoms with E-state index in [-0.39, 0.29) is 17.9 Å². The first kappa shape index (κ1) is 18.5. The van der Waals surface area contributed by atoms with E-state index in [2.05, 4.69) is 5.32 Å². The van der Waals surface area contributed by atoms with E-state index in [0.29, 0.717) is 13.0 Å². The minimum atomic E-state index is -0.503. The van der Waals surface area contributed by atoms with Gasteiger partial charge in [0.15, 0.2) is 0 Å². The molecule has 0 aliphatic carbocycles. The van der Waals surface area contributed by atoms with Crippen LogP contribution in [0.4, 0.5) is 5.69 Å². The van der Waals surface area contributed by atoms with Gasteiger partial charge in [-0.05, 0) is 43.9 Å². The van der Waals surface area contributed by atoms with Crippen LogP contribution in [0.5, 0.6) is 0 Å². The number of nitrogens with two attached hydrogens (primary N) is 1. The topological polar surface area (TPSA) is 75.4 Å². The second-order valence-corrected chi connectivity index (χ2v) is 6.63. The Kier molecular flexibility index (Phi) is 5.99. The van der Waals surface area contributed by atoms with Gasteiger partial charge in [-0.3, -0.25) is 9.59 Å². The highest BCUT2D eigenvalue weighted by atomic mass is 16.2. The molecule has 0 bridgehead atoms. The van der Waals surface area contributed by atoms with Gasteiger partial charge in [0.05, 0.1) is 11.5 Å². The second-order valence-electron chi connectivity index (χ2n) is 6.63. The molecule has 132 valence electrons. The van der Waals surface area contributed by atoms with E-state index in [1.165, 1.54) is 0 Å². The van der Waals surface area contributed by atoms with Crippen LogP contribution in [0.15, 0.2) is 24.3 Å². The van der Waals surface area contributed by atoms with E-state index in [0.717, 1.165) is 37.1 Å². The number of carbonyl (C=O) groups is 2. The third kappa shape index (κ3) is 3.61. The molecule has 3 N–H and O–H groups in total. The zero-order valence-electron chi connectivity index (χ0n) is 15.0. The standard InChI is InChI=1S/C19H29N3O2/c1-4-19(5-2,13-20)18(24)21-14(3)15-8-6-9-16(12-15)22-11-7-10-17(22)23/h6,8-9,12,14H,4-5,7,10-11,13,20H2,1-3H3,(H,21,24). The Morgan fingerprint density at radius 1 is 1.38 bits per heavy atom. The molecule has 0 spiro atoms. The Labute approximate surface area is 144 Å². The molecule has 1 aromatic carbocycles. The van der Waals surface area contributed by atoms with Crippen molar-refractivity contribution in [1.82, 2.24) is 5.32 Å². The molecule has 2 amide bonds. The summed E-state index contributed by atoms with van der Waals surface area (Å²) in [5.74, 6) is 0.174. The fraction of sp³-hybridized carbons (Fsp3) is 0.579. The maximum atomic E-state index is 12.7. The fourth-order valence-corrected chi connectivity index (χ4v) is 3.27. The van der Waals surface area contributed by atoms with Crippen molar-refractivity contribution in [2.24, 2.45) is 11.1 Å². The van der Waals surface area contributed by atoms with Crippen LogP contribution < -0.4 is 16.0 Å². The minimum absolute atomic E-state index is 0.00477. The van der Waals surface area contributed by atoms with Gasteiger partial charge in [0.2, 0.25) is 11.8 Å². The highest BCUT2D eigenvalue weighted by molar-refractivity contribution is 5.95. The Morgan fingerprint density at radius 3 is 2.62 bits per heavy atom. The smallest absolute Gasteiger partial charge is 0.227 e. The van der Waals surface area contributed by atoms with Crippen molar-refractivity contribution in [3.8, 4) is 0 Å². The molecule has 1 aromatic rings. The van der Waals surface area contributed by atoms with Gasteiger partial charge in [-0.25, -0.2) is 0 Å². The lowest BCUT2D eigenvalue weighted by Crippen LogP contribution is -2.46. The lowest BCUT2D eigenvalue weighted by Gasteiger charge is -2.30. The van der Waals surface area contributed by atoms with Crippen molar-refractivity contribution >= 4 is 17.5 Å². The molecule has 1 atom stereocenters. The molecule has 1 saturated heterocycles. The SMILES string of the molecule is CCC(CC)(CN)C(=O)NC(C)c1cccc(N2CCCC2=O)c1. The first-order chi connectivity index (χ1) is 11.5. The molecular weight excluding hydrogens is 302 g/mol. The monoisotopic (exact) mass is 331 g/mol. The fourth-order valence-electron chi connectivity index (χ4n) is 3.27. The summed E-state index contributed by atoms with van der Waals surface area (Å²) in [6.07, 6.45) is 2.96. The first-order valence-electron chi connectivity index (χ1n) is 8.88. The number of amides is 2. The zero-order valence-corrected chi connectivity index (χ0v) is 15.0. The van der Waals surface area contributed by atoms with Gasteiger partial charge in [0, 0.05) is 25.2 Å². The highest BCUT2D eigenvalue weighted by Crippen LogP contribution is 2.28. The number of carbonyl (C=O) groups excluding carboxylic acids is 2. The maximum Gasteiger partial charge on any atom is 0.227 e. The molecule has 0 radical (unpaired) electrons. The van der Waals surface area contributed by atoms with Crippen molar-refractivity contribution in [1.29, 1.82) is 0 Å². The molecule has 1 fully saturated rings. The van der Waals surface area contributed by atoms with E-state index in [1.807, 2.05) is 49.9 Å². The summed E-state index contributed by atoms with van der Waals surface area (Å²) in [5.41, 5.74) is 7.27. The molecule has 1 heterocycles. The maximum absolute atomic E-state index is 12.7. The van der Waals surface area contributed by atoms with Gasteiger partial charge in [0.1, 0.15) is 0 Å².